The van der Waals surface area contributed by atoms with Gasteiger partial charge in [-0.2, -0.15) is 0 Å². The van der Waals surface area contributed by atoms with Crippen molar-refractivity contribution in [2.75, 3.05) is 31.5 Å². The Morgan fingerprint density at radius 2 is 2.00 bits per heavy atom. The predicted molar refractivity (Wildman–Crippen MR) is 83.2 cm³/mol. The Hall–Kier alpha value is -1.39. The Kier molecular flexibility index (Phi) is 4.78. The standard InChI is InChI=1S/C16H25N3O/c1-11-7-12(2)16(13(3)8-11)18-15(20)10-19-6-5-17-9-14(19)4/h7-8,14,17H,5-6,9-10H2,1-4H3,(H,18,20). The van der Waals surface area contributed by atoms with Crippen LogP contribution >= 0.6 is 0 Å². The van der Waals surface area contributed by atoms with E-state index in [9.17, 15) is 4.79 Å². The summed E-state index contributed by atoms with van der Waals surface area (Å²) in [6.45, 7) is 11.6. The van der Waals surface area contributed by atoms with Crippen LogP contribution in [0, 0.1) is 20.8 Å². The van der Waals surface area contributed by atoms with E-state index in [1.165, 1.54) is 5.56 Å². The summed E-state index contributed by atoms with van der Waals surface area (Å²) in [7, 11) is 0. The molecule has 1 atom stereocenters. The molecule has 1 aliphatic heterocycles. The van der Waals surface area contributed by atoms with Gasteiger partial charge in [0.1, 0.15) is 0 Å². The van der Waals surface area contributed by atoms with E-state index in [2.05, 4.69) is 41.5 Å². The molecule has 1 fully saturated rings. The van der Waals surface area contributed by atoms with Crippen LogP contribution in [0.2, 0.25) is 0 Å². The third-order valence-corrected chi connectivity index (χ3v) is 3.93. The lowest BCUT2D eigenvalue weighted by molar-refractivity contribution is -0.118. The summed E-state index contributed by atoms with van der Waals surface area (Å²) in [5.41, 5.74) is 4.45. The number of nitrogens with zero attached hydrogens (tertiary/aromatic N) is 1. The molecule has 1 aliphatic rings. The van der Waals surface area contributed by atoms with Crippen LogP contribution < -0.4 is 10.6 Å². The molecule has 1 aromatic carbocycles. The first kappa shape index (κ1) is 15.0. The second-order valence-electron chi connectivity index (χ2n) is 5.85. The van der Waals surface area contributed by atoms with E-state index in [1.54, 1.807) is 0 Å². The molecule has 2 rings (SSSR count). The fraction of sp³-hybridized carbons (Fsp3) is 0.562. The van der Waals surface area contributed by atoms with Crippen molar-refractivity contribution in [1.82, 2.24) is 10.2 Å². The van der Waals surface area contributed by atoms with Crippen LogP contribution in [0.1, 0.15) is 23.6 Å². The molecule has 2 N–H and O–H groups in total. The number of hydrogen-bond acceptors (Lipinski definition) is 3. The van der Waals surface area contributed by atoms with Crippen LogP contribution in [-0.4, -0.2) is 43.0 Å². The van der Waals surface area contributed by atoms with Gasteiger partial charge in [-0.1, -0.05) is 17.7 Å². The average Bonchev–Trinajstić information content (AvgIpc) is 2.36. The van der Waals surface area contributed by atoms with Gasteiger partial charge in [0.15, 0.2) is 0 Å². The maximum absolute atomic E-state index is 12.2. The Labute approximate surface area is 121 Å². The van der Waals surface area contributed by atoms with Crippen LogP contribution in [0.3, 0.4) is 0 Å². The van der Waals surface area contributed by atoms with Crippen molar-refractivity contribution in [2.24, 2.45) is 0 Å². The molecule has 1 saturated heterocycles. The summed E-state index contributed by atoms with van der Waals surface area (Å²) < 4.78 is 0. The predicted octanol–water partition coefficient (Wildman–Crippen LogP) is 1.84. The molecule has 0 spiro atoms. The monoisotopic (exact) mass is 275 g/mol. The van der Waals surface area contributed by atoms with Gasteiger partial charge in [-0.3, -0.25) is 9.69 Å². The number of anilines is 1. The zero-order valence-corrected chi connectivity index (χ0v) is 12.9. The number of nitrogens with one attached hydrogen (secondary N) is 2. The molecule has 4 nitrogen and oxygen atoms in total. The van der Waals surface area contributed by atoms with Crippen molar-refractivity contribution in [3.63, 3.8) is 0 Å². The fourth-order valence-corrected chi connectivity index (χ4v) is 2.86. The molecule has 0 saturated carbocycles. The van der Waals surface area contributed by atoms with Crippen molar-refractivity contribution in [1.29, 1.82) is 0 Å². The number of hydrogen-bond donors (Lipinski definition) is 2. The summed E-state index contributed by atoms with van der Waals surface area (Å²) in [6, 6.07) is 4.63. The molecule has 0 radical (unpaired) electrons. The maximum Gasteiger partial charge on any atom is 0.238 e. The van der Waals surface area contributed by atoms with Gasteiger partial charge >= 0.3 is 0 Å². The number of amides is 1. The Morgan fingerprint density at radius 1 is 1.35 bits per heavy atom. The first-order chi connectivity index (χ1) is 9.47. The van der Waals surface area contributed by atoms with Gasteiger partial charge in [-0.25, -0.2) is 0 Å². The lowest BCUT2D eigenvalue weighted by atomic mass is 10.1. The number of rotatable bonds is 3. The first-order valence-electron chi connectivity index (χ1n) is 7.30. The van der Waals surface area contributed by atoms with Crippen LogP contribution in [0.25, 0.3) is 0 Å². The highest BCUT2D eigenvalue weighted by Crippen LogP contribution is 2.21. The average molecular weight is 275 g/mol. The minimum Gasteiger partial charge on any atom is -0.324 e. The third kappa shape index (κ3) is 3.58. The zero-order chi connectivity index (χ0) is 14.7. The number of carbonyl (C=O) groups is 1. The zero-order valence-electron chi connectivity index (χ0n) is 12.9. The van der Waals surface area contributed by atoms with E-state index in [4.69, 9.17) is 0 Å². The van der Waals surface area contributed by atoms with Gasteiger partial charge in [-0.05, 0) is 38.8 Å². The first-order valence-corrected chi connectivity index (χ1v) is 7.30. The van der Waals surface area contributed by atoms with Gasteiger partial charge < -0.3 is 10.6 Å². The number of benzene rings is 1. The molecule has 0 bridgehead atoms. The topological polar surface area (TPSA) is 44.4 Å². The lowest BCUT2D eigenvalue weighted by Gasteiger charge is -2.33. The van der Waals surface area contributed by atoms with Gasteiger partial charge in [-0.15, -0.1) is 0 Å². The summed E-state index contributed by atoms with van der Waals surface area (Å²) in [5, 5.41) is 6.41. The highest BCUT2D eigenvalue weighted by molar-refractivity contribution is 5.93. The van der Waals surface area contributed by atoms with Gasteiger partial charge in [0.2, 0.25) is 5.91 Å². The quantitative estimate of drug-likeness (QED) is 0.885. The normalized spacial score (nSPS) is 19.9. The Bertz CT molecular complexity index is 475. The van der Waals surface area contributed by atoms with Crippen molar-refractivity contribution < 1.29 is 4.79 Å². The summed E-state index contributed by atoms with van der Waals surface area (Å²) in [6.07, 6.45) is 0. The summed E-state index contributed by atoms with van der Waals surface area (Å²) >= 11 is 0. The third-order valence-electron chi connectivity index (χ3n) is 3.93. The van der Waals surface area contributed by atoms with E-state index in [0.717, 1.165) is 36.4 Å². The summed E-state index contributed by atoms with van der Waals surface area (Å²) in [4.78, 5) is 14.5. The van der Waals surface area contributed by atoms with Gasteiger partial charge in [0, 0.05) is 31.4 Å². The highest BCUT2D eigenvalue weighted by atomic mass is 16.2. The van der Waals surface area contributed by atoms with E-state index in [1.807, 2.05) is 13.8 Å². The lowest BCUT2D eigenvalue weighted by Crippen LogP contribution is -2.52. The van der Waals surface area contributed by atoms with Crippen molar-refractivity contribution in [3.8, 4) is 0 Å². The van der Waals surface area contributed by atoms with Crippen molar-refractivity contribution in [2.45, 2.75) is 33.7 Å². The minimum absolute atomic E-state index is 0.0776. The number of aryl methyl sites for hydroxylation is 3. The highest BCUT2D eigenvalue weighted by Gasteiger charge is 2.20. The Balaban J connectivity index is 2.01. The van der Waals surface area contributed by atoms with E-state index < -0.39 is 0 Å². The second-order valence-corrected chi connectivity index (χ2v) is 5.85. The van der Waals surface area contributed by atoms with Crippen LogP contribution in [0.15, 0.2) is 12.1 Å². The van der Waals surface area contributed by atoms with Gasteiger partial charge in [0.05, 0.1) is 6.54 Å². The van der Waals surface area contributed by atoms with Gasteiger partial charge in [0.25, 0.3) is 0 Å². The van der Waals surface area contributed by atoms with Crippen LogP contribution in [0.4, 0.5) is 5.69 Å². The second kappa shape index (κ2) is 6.37. The largest absolute Gasteiger partial charge is 0.324 e. The van der Waals surface area contributed by atoms with Crippen molar-refractivity contribution in [3.05, 3.63) is 28.8 Å². The molecule has 1 unspecified atom stereocenters. The smallest absolute Gasteiger partial charge is 0.238 e. The molecule has 110 valence electrons. The van der Waals surface area contributed by atoms with E-state index in [-0.39, 0.29) is 5.91 Å². The molecular formula is C16H25N3O. The molecule has 0 aliphatic carbocycles. The fourth-order valence-electron chi connectivity index (χ4n) is 2.86. The van der Waals surface area contributed by atoms with Crippen molar-refractivity contribution >= 4 is 11.6 Å². The van der Waals surface area contributed by atoms with E-state index in [0.29, 0.717) is 12.6 Å². The SMILES string of the molecule is Cc1cc(C)c(NC(=O)CN2CCNCC2C)c(C)c1. The number of piperazine rings is 1. The summed E-state index contributed by atoms with van der Waals surface area (Å²) in [5.74, 6) is 0.0776. The molecule has 20 heavy (non-hydrogen) atoms. The molecule has 0 aromatic heterocycles. The minimum atomic E-state index is 0.0776. The van der Waals surface area contributed by atoms with Crippen LogP contribution in [-0.2, 0) is 4.79 Å². The van der Waals surface area contributed by atoms with Crippen LogP contribution in [0.5, 0.6) is 0 Å². The molecule has 1 aromatic rings. The molecule has 4 heteroatoms. The maximum atomic E-state index is 12.2. The molecule has 1 amide bonds. The molecule has 1 heterocycles. The molecular weight excluding hydrogens is 250 g/mol. The number of carbonyl (C=O) groups excluding carboxylic acids is 1. The Morgan fingerprint density at radius 3 is 2.60 bits per heavy atom. The van der Waals surface area contributed by atoms with E-state index >= 15 is 0 Å².